The van der Waals surface area contributed by atoms with Gasteiger partial charge in [0.1, 0.15) is 12.1 Å². The van der Waals surface area contributed by atoms with Crippen LogP contribution in [0.15, 0.2) is 84.0 Å². The minimum Gasteiger partial charge on any atom is -0.493 e. The highest BCUT2D eigenvalue weighted by atomic mass is 32.2. The van der Waals surface area contributed by atoms with Gasteiger partial charge in [0.25, 0.3) is 10.0 Å². The first-order chi connectivity index (χ1) is 22.2. The largest absolute Gasteiger partial charge is 0.493 e. The quantitative estimate of drug-likeness (QED) is 0.215. The van der Waals surface area contributed by atoms with Crippen LogP contribution in [0.2, 0.25) is 0 Å². The molecule has 1 aromatic heterocycles. The minimum absolute atomic E-state index is 0.227. The number of piperazine rings is 1. The van der Waals surface area contributed by atoms with Crippen LogP contribution in [-0.2, 0) is 10.0 Å². The average Bonchev–Trinajstić information content (AvgIpc) is 3.07. The van der Waals surface area contributed by atoms with Crippen LogP contribution in [0.1, 0.15) is 0 Å². The number of sulfonamides is 1. The standard InChI is InChI=1S/C33H35N7O4S2/c1-38(2)28-9-5-8-25-24(28)7-6-10-31(25)46(41,42)37-23-13-11-22(12-14-23)36-33(45)40-17-15-39(16-18-40)32-26-19-29(43-3)30(44-4)20-27(26)34-21-35-32/h5-14,19-21,37H,15-18H2,1-4H3,(H,36,45). The van der Waals surface area contributed by atoms with E-state index in [1.165, 1.54) is 0 Å². The summed E-state index contributed by atoms with van der Waals surface area (Å²) in [7, 11) is 3.25. The Hall–Kier alpha value is -4.88. The fourth-order valence-electron chi connectivity index (χ4n) is 5.67. The summed E-state index contributed by atoms with van der Waals surface area (Å²) in [4.78, 5) is 15.5. The Morgan fingerprint density at radius 2 is 1.48 bits per heavy atom. The van der Waals surface area contributed by atoms with Crippen LogP contribution in [0.3, 0.4) is 0 Å². The third-order valence-corrected chi connectivity index (χ3v) is 9.80. The Balaban J connectivity index is 1.10. The summed E-state index contributed by atoms with van der Waals surface area (Å²) in [5, 5.41) is 6.31. The maximum absolute atomic E-state index is 13.4. The molecule has 0 unspecified atom stereocenters. The van der Waals surface area contributed by atoms with Crippen LogP contribution in [0, 0.1) is 0 Å². The Morgan fingerprint density at radius 3 is 2.17 bits per heavy atom. The lowest BCUT2D eigenvalue weighted by molar-refractivity contribution is 0.355. The Morgan fingerprint density at radius 1 is 0.826 bits per heavy atom. The molecule has 13 heteroatoms. The topological polar surface area (TPSA) is 112 Å². The lowest BCUT2D eigenvalue weighted by atomic mass is 10.1. The summed E-state index contributed by atoms with van der Waals surface area (Å²) in [6.07, 6.45) is 1.56. The van der Waals surface area contributed by atoms with E-state index >= 15 is 0 Å². The van der Waals surface area contributed by atoms with Crippen molar-refractivity contribution in [2.75, 3.05) is 74.3 Å². The molecule has 0 saturated carbocycles. The van der Waals surface area contributed by atoms with Crippen molar-refractivity contribution in [3.05, 3.63) is 79.1 Å². The number of ether oxygens (including phenoxy) is 2. The molecule has 11 nitrogen and oxygen atoms in total. The van der Waals surface area contributed by atoms with E-state index in [0.29, 0.717) is 53.9 Å². The molecule has 46 heavy (non-hydrogen) atoms. The van der Waals surface area contributed by atoms with Gasteiger partial charge in [-0.05, 0) is 54.7 Å². The minimum atomic E-state index is -3.83. The van der Waals surface area contributed by atoms with Crippen molar-refractivity contribution < 1.29 is 17.9 Å². The van der Waals surface area contributed by atoms with Crippen LogP contribution in [-0.4, -0.2) is 82.9 Å². The van der Waals surface area contributed by atoms with E-state index in [1.54, 1.807) is 44.8 Å². The summed E-state index contributed by atoms with van der Waals surface area (Å²) in [5.41, 5.74) is 2.95. The van der Waals surface area contributed by atoms with Gasteiger partial charge in [-0.15, -0.1) is 0 Å². The second-order valence-electron chi connectivity index (χ2n) is 11.0. The van der Waals surface area contributed by atoms with Crippen molar-refractivity contribution in [3.8, 4) is 11.5 Å². The van der Waals surface area contributed by atoms with Gasteiger partial charge in [0.2, 0.25) is 0 Å². The fourth-order valence-corrected chi connectivity index (χ4v) is 7.25. The van der Waals surface area contributed by atoms with Gasteiger partial charge in [0.05, 0.1) is 24.6 Å². The predicted molar refractivity (Wildman–Crippen MR) is 188 cm³/mol. The van der Waals surface area contributed by atoms with Gasteiger partial charge in [-0.1, -0.05) is 24.3 Å². The molecule has 1 aliphatic rings. The summed E-state index contributed by atoms with van der Waals surface area (Å²) < 4.78 is 40.5. The number of hydrogen-bond acceptors (Lipinski definition) is 9. The van der Waals surface area contributed by atoms with Crippen LogP contribution in [0.4, 0.5) is 22.9 Å². The molecule has 2 N–H and O–H groups in total. The predicted octanol–water partition coefficient (Wildman–Crippen LogP) is 5.19. The van der Waals surface area contributed by atoms with Crippen molar-refractivity contribution >= 4 is 71.9 Å². The molecule has 1 saturated heterocycles. The second kappa shape index (κ2) is 12.9. The highest BCUT2D eigenvalue weighted by Gasteiger charge is 2.23. The second-order valence-corrected chi connectivity index (χ2v) is 13.1. The zero-order valence-electron chi connectivity index (χ0n) is 26.0. The summed E-state index contributed by atoms with van der Waals surface area (Å²) in [6, 6.07) is 21.8. The first kappa shape index (κ1) is 31.1. The van der Waals surface area contributed by atoms with E-state index in [4.69, 9.17) is 21.7 Å². The number of benzene rings is 4. The van der Waals surface area contributed by atoms with Gasteiger partial charge in [-0.2, -0.15) is 0 Å². The first-order valence-electron chi connectivity index (χ1n) is 14.7. The Bertz CT molecular complexity index is 2010. The molecule has 1 aliphatic heterocycles. The van der Waals surface area contributed by atoms with E-state index < -0.39 is 10.0 Å². The Kier molecular flexibility index (Phi) is 8.69. The third kappa shape index (κ3) is 6.15. The smallest absolute Gasteiger partial charge is 0.262 e. The molecule has 4 aromatic carbocycles. The van der Waals surface area contributed by atoms with Crippen molar-refractivity contribution in [1.29, 1.82) is 0 Å². The zero-order valence-corrected chi connectivity index (χ0v) is 27.7. The number of anilines is 4. The normalized spacial score (nSPS) is 13.5. The molecule has 1 fully saturated rings. The zero-order chi connectivity index (χ0) is 32.4. The lowest BCUT2D eigenvalue weighted by Gasteiger charge is -2.37. The molecule has 0 bridgehead atoms. The fraction of sp³-hybridized carbons (Fsp3) is 0.242. The van der Waals surface area contributed by atoms with Gasteiger partial charge in [0.15, 0.2) is 16.6 Å². The molecule has 0 amide bonds. The number of hydrogen-bond donors (Lipinski definition) is 2. The van der Waals surface area contributed by atoms with Gasteiger partial charge in [-0.25, -0.2) is 18.4 Å². The number of fused-ring (bicyclic) bond motifs is 2. The van der Waals surface area contributed by atoms with Gasteiger partial charge >= 0.3 is 0 Å². The number of nitrogens with one attached hydrogen (secondary N) is 2. The number of nitrogens with zero attached hydrogens (tertiary/aromatic N) is 5. The summed E-state index contributed by atoms with van der Waals surface area (Å²) in [5.74, 6) is 2.08. The third-order valence-electron chi connectivity index (χ3n) is 8.00. The number of aromatic nitrogens is 2. The van der Waals surface area contributed by atoms with Gasteiger partial charge in [0, 0.05) is 79.6 Å². The SMILES string of the molecule is COc1cc2ncnc(N3CCN(C(=S)Nc4ccc(NS(=O)(=O)c5cccc6c(N(C)C)cccc56)cc4)CC3)c2cc1OC. The van der Waals surface area contributed by atoms with Crippen LogP contribution < -0.4 is 29.3 Å². The monoisotopic (exact) mass is 657 g/mol. The van der Waals surface area contributed by atoms with E-state index in [0.717, 1.165) is 33.5 Å². The number of thiocarbonyl (C=S) groups is 1. The average molecular weight is 658 g/mol. The first-order valence-corrected chi connectivity index (χ1v) is 16.6. The summed E-state index contributed by atoms with van der Waals surface area (Å²) in [6.45, 7) is 2.83. The molecule has 2 heterocycles. The molecular weight excluding hydrogens is 623 g/mol. The van der Waals surface area contributed by atoms with Crippen LogP contribution >= 0.6 is 12.2 Å². The van der Waals surface area contributed by atoms with Gasteiger partial charge in [-0.3, -0.25) is 4.72 Å². The highest BCUT2D eigenvalue weighted by molar-refractivity contribution is 7.93. The molecule has 5 aromatic rings. The Labute approximate surface area is 273 Å². The van der Waals surface area contributed by atoms with Crippen LogP contribution in [0.5, 0.6) is 11.5 Å². The number of rotatable bonds is 8. The number of methoxy groups -OCH3 is 2. The molecule has 0 radical (unpaired) electrons. The molecular formula is C33H35N7O4S2. The van der Waals surface area contributed by atoms with Crippen molar-refractivity contribution in [2.45, 2.75) is 4.90 Å². The van der Waals surface area contributed by atoms with Gasteiger partial charge < -0.3 is 29.5 Å². The van der Waals surface area contributed by atoms with Crippen molar-refractivity contribution in [3.63, 3.8) is 0 Å². The molecule has 6 rings (SSSR count). The lowest BCUT2D eigenvalue weighted by Crippen LogP contribution is -2.50. The van der Waals surface area contributed by atoms with Crippen molar-refractivity contribution in [2.24, 2.45) is 0 Å². The summed E-state index contributed by atoms with van der Waals surface area (Å²) >= 11 is 5.73. The van der Waals surface area contributed by atoms with Crippen molar-refractivity contribution in [1.82, 2.24) is 14.9 Å². The van der Waals surface area contributed by atoms with Crippen LogP contribution in [0.25, 0.3) is 21.7 Å². The maximum Gasteiger partial charge on any atom is 0.262 e. The maximum atomic E-state index is 13.4. The van der Waals surface area contributed by atoms with E-state index in [9.17, 15) is 8.42 Å². The molecule has 238 valence electrons. The molecule has 0 atom stereocenters. The van der Waals surface area contributed by atoms with E-state index in [1.807, 2.05) is 67.5 Å². The van der Waals surface area contributed by atoms with E-state index in [2.05, 4.69) is 29.8 Å². The molecule has 0 aliphatic carbocycles. The molecule has 0 spiro atoms. The highest BCUT2D eigenvalue weighted by Crippen LogP contribution is 2.35. The van der Waals surface area contributed by atoms with E-state index in [-0.39, 0.29) is 4.90 Å².